The summed E-state index contributed by atoms with van der Waals surface area (Å²) in [5.74, 6) is -0.794. The maximum absolute atomic E-state index is 11.6. The first kappa shape index (κ1) is 13.2. The predicted molar refractivity (Wildman–Crippen MR) is 67.8 cm³/mol. The molecule has 98 valence electrons. The second kappa shape index (κ2) is 4.82. The molecule has 2 rings (SSSR count). The van der Waals surface area contributed by atoms with Crippen molar-refractivity contribution < 1.29 is 14.6 Å². The zero-order chi connectivity index (χ0) is 13.4. The second-order valence-corrected chi connectivity index (χ2v) is 5.02. The quantitative estimate of drug-likeness (QED) is 0.536. The predicted octanol–water partition coefficient (Wildman–Crippen LogP) is -1.73. The van der Waals surface area contributed by atoms with Gasteiger partial charge in [-0.3, -0.25) is 19.1 Å². The Labute approximate surface area is 114 Å². The lowest BCUT2D eigenvalue weighted by Crippen LogP contribution is -2.36. The van der Waals surface area contributed by atoms with Crippen LogP contribution in [0, 0.1) is 3.57 Å². The molecule has 0 aliphatic carbocycles. The standard InChI is InChI=1S/C9H10IN3O5/c10-3-2-13(9(17)12-8(3)16)5-1-4(14)6(18-5)7(11)15/h2,4-6,14H,1H2,(H2,11,15)(H,12,16,17)/t4-,5+,6-/m0/s1. The van der Waals surface area contributed by atoms with Crippen molar-refractivity contribution in [3.05, 3.63) is 30.6 Å². The number of halogens is 1. The fraction of sp³-hybridized carbons (Fsp3) is 0.444. The van der Waals surface area contributed by atoms with Gasteiger partial charge in [-0.2, -0.15) is 0 Å². The summed E-state index contributed by atoms with van der Waals surface area (Å²) in [7, 11) is 0. The number of amides is 1. The summed E-state index contributed by atoms with van der Waals surface area (Å²) in [5.41, 5.74) is 3.89. The summed E-state index contributed by atoms with van der Waals surface area (Å²) >= 11 is 1.76. The molecule has 0 saturated carbocycles. The number of hydrogen-bond donors (Lipinski definition) is 3. The number of rotatable bonds is 2. The fourth-order valence-electron chi connectivity index (χ4n) is 1.76. The summed E-state index contributed by atoms with van der Waals surface area (Å²) in [4.78, 5) is 35.9. The third-order valence-corrected chi connectivity index (χ3v) is 3.38. The molecule has 3 atom stereocenters. The van der Waals surface area contributed by atoms with E-state index in [-0.39, 0.29) is 6.42 Å². The number of aliphatic hydroxyl groups excluding tert-OH is 1. The first-order chi connectivity index (χ1) is 8.40. The van der Waals surface area contributed by atoms with E-state index in [9.17, 15) is 19.5 Å². The molecular formula is C9H10IN3O5. The molecule has 0 spiro atoms. The van der Waals surface area contributed by atoms with Crippen LogP contribution in [0.5, 0.6) is 0 Å². The van der Waals surface area contributed by atoms with Gasteiger partial charge in [-0.1, -0.05) is 0 Å². The van der Waals surface area contributed by atoms with Crippen molar-refractivity contribution in [2.75, 3.05) is 0 Å². The van der Waals surface area contributed by atoms with Crippen LogP contribution < -0.4 is 17.0 Å². The average Bonchev–Trinajstić information content (AvgIpc) is 2.65. The Morgan fingerprint density at radius 2 is 2.28 bits per heavy atom. The number of H-pyrrole nitrogens is 1. The van der Waals surface area contributed by atoms with Gasteiger partial charge in [0.1, 0.15) is 6.23 Å². The molecule has 1 saturated heterocycles. The van der Waals surface area contributed by atoms with E-state index in [2.05, 4.69) is 4.98 Å². The highest BCUT2D eigenvalue weighted by Crippen LogP contribution is 2.27. The Bertz CT molecular complexity index is 595. The Kier molecular flexibility index (Phi) is 3.54. The number of hydrogen-bond acceptors (Lipinski definition) is 5. The smallest absolute Gasteiger partial charge is 0.330 e. The number of aromatic nitrogens is 2. The van der Waals surface area contributed by atoms with E-state index in [1.54, 1.807) is 22.6 Å². The minimum Gasteiger partial charge on any atom is -0.390 e. The molecule has 4 N–H and O–H groups in total. The largest absolute Gasteiger partial charge is 0.390 e. The van der Waals surface area contributed by atoms with Crippen LogP contribution in [0.1, 0.15) is 12.6 Å². The highest BCUT2D eigenvalue weighted by Gasteiger charge is 2.39. The van der Waals surface area contributed by atoms with Gasteiger partial charge in [0.15, 0.2) is 6.10 Å². The molecule has 1 aliphatic rings. The number of primary amides is 1. The van der Waals surface area contributed by atoms with E-state index in [4.69, 9.17) is 10.5 Å². The number of aromatic amines is 1. The normalized spacial score (nSPS) is 27.3. The minimum atomic E-state index is -1.15. The van der Waals surface area contributed by atoms with Gasteiger partial charge in [0, 0.05) is 12.6 Å². The van der Waals surface area contributed by atoms with Crippen LogP contribution >= 0.6 is 22.6 Å². The molecule has 0 aromatic carbocycles. The number of ether oxygens (including phenoxy) is 1. The monoisotopic (exact) mass is 367 g/mol. The van der Waals surface area contributed by atoms with E-state index in [1.165, 1.54) is 6.20 Å². The zero-order valence-corrected chi connectivity index (χ0v) is 11.2. The van der Waals surface area contributed by atoms with Crippen molar-refractivity contribution in [3.63, 3.8) is 0 Å². The van der Waals surface area contributed by atoms with Gasteiger partial charge in [-0.25, -0.2) is 4.79 Å². The molecule has 2 heterocycles. The Morgan fingerprint density at radius 3 is 2.83 bits per heavy atom. The third-order valence-electron chi connectivity index (χ3n) is 2.61. The van der Waals surface area contributed by atoms with Gasteiger partial charge in [0.25, 0.3) is 5.56 Å². The maximum Gasteiger partial charge on any atom is 0.330 e. The molecule has 8 nitrogen and oxygen atoms in total. The van der Waals surface area contributed by atoms with Gasteiger partial charge in [-0.05, 0) is 22.6 Å². The lowest BCUT2D eigenvalue weighted by Gasteiger charge is -2.13. The van der Waals surface area contributed by atoms with E-state index >= 15 is 0 Å². The van der Waals surface area contributed by atoms with E-state index in [0.717, 1.165) is 4.57 Å². The summed E-state index contributed by atoms with van der Waals surface area (Å²) in [6.45, 7) is 0. The first-order valence-electron chi connectivity index (χ1n) is 5.04. The highest BCUT2D eigenvalue weighted by atomic mass is 127. The van der Waals surface area contributed by atoms with Crippen molar-refractivity contribution >= 4 is 28.5 Å². The van der Waals surface area contributed by atoms with Crippen molar-refractivity contribution in [1.29, 1.82) is 0 Å². The molecule has 1 aromatic heterocycles. The number of carbonyl (C=O) groups is 1. The van der Waals surface area contributed by atoms with E-state index in [1.807, 2.05) is 0 Å². The molecule has 1 amide bonds. The Hall–Kier alpha value is -1.20. The fourth-order valence-corrected chi connectivity index (χ4v) is 2.19. The lowest BCUT2D eigenvalue weighted by atomic mass is 10.2. The van der Waals surface area contributed by atoms with Crippen LogP contribution in [0.25, 0.3) is 0 Å². The highest BCUT2D eigenvalue weighted by molar-refractivity contribution is 14.1. The molecular weight excluding hydrogens is 357 g/mol. The molecule has 0 radical (unpaired) electrons. The van der Waals surface area contributed by atoms with Gasteiger partial charge in [-0.15, -0.1) is 0 Å². The van der Waals surface area contributed by atoms with Crippen LogP contribution in [-0.4, -0.2) is 32.8 Å². The summed E-state index contributed by atoms with van der Waals surface area (Å²) < 4.78 is 6.63. The summed E-state index contributed by atoms with van der Waals surface area (Å²) in [5, 5.41) is 9.59. The zero-order valence-electron chi connectivity index (χ0n) is 9.00. The van der Waals surface area contributed by atoms with Crippen LogP contribution in [-0.2, 0) is 9.53 Å². The van der Waals surface area contributed by atoms with Gasteiger partial charge in [0.05, 0.1) is 9.67 Å². The first-order valence-corrected chi connectivity index (χ1v) is 6.12. The third kappa shape index (κ3) is 2.33. The van der Waals surface area contributed by atoms with Crippen LogP contribution in [0.15, 0.2) is 15.8 Å². The Morgan fingerprint density at radius 1 is 1.61 bits per heavy atom. The van der Waals surface area contributed by atoms with Crippen molar-refractivity contribution in [1.82, 2.24) is 9.55 Å². The van der Waals surface area contributed by atoms with Crippen LogP contribution in [0.2, 0.25) is 0 Å². The van der Waals surface area contributed by atoms with Crippen LogP contribution in [0.4, 0.5) is 0 Å². The van der Waals surface area contributed by atoms with Crippen molar-refractivity contribution in [2.24, 2.45) is 5.73 Å². The molecule has 0 bridgehead atoms. The topological polar surface area (TPSA) is 127 Å². The molecule has 18 heavy (non-hydrogen) atoms. The number of carbonyl (C=O) groups excluding carboxylic acids is 1. The van der Waals surface area contributed by atoms with Gasteiger partial charge < -0.3 is 15.6 Å². The number of aliphatic hydroxyl groups is 1. The minimum absolute atomic E-state index is 0.0512. The van der Waals surface area contributed by atoms with Gasteiger partial charge >= 0.3 is 5.69 Å². The number of nitrogens with two attached hydrogens (primary N) is 1. The molecule has 1 fully saturated rings. The number of nitrogens with one attached hydrogen (secondary N) is 1. The molecule has 0 unspecified atom stereocenters. The SMILES string of the molecule is NC(=O)[C@H]1O[C@@H](n2cc(I)c(=O)[nH]c2=O)C[C@@H]1O. The van der Waals surface area contributed by atoms with Crippen LogP contribution in [0.3, 0.4) is 0 Å². The Balaban J connectivity index is 2.35. The molecule has 1 aromatic rings. The van der Waals surface area contributed by atoms with E-state index in [0.29, 0.717) is 3.57 Å². The summed E-state index contributed by atoms with van der Waals surface area (Å²) in [6.07, 6.45) is -1.68. The van der Waals surface area contributed by atoms with Crippen molar-refractivity contribution in [2.45, 2.75) is 24.9 Å². The molecule has 1 aliphatic heterocycles. The molecule has 9 heteroatoms. The lowest BCUT2D eigenvalue weighted by molar-refractivity contribution is -0.134. The second-order valence-electron chi connectivity index (χ2n) is 3.86. The maximum atomic E-state index is 11.6. The van der Waals surface area contributed by atoms with Gasteiger partial charge in [0.2, 0.25) is 5.91 Å². The van der Waals surface area contributed by atoms with E-state index < -0.39 is 35.6 Å². The van der Waals surface area contributed by atoms with Crippen molar-refractivity contribution in [3.8, 4) is 0 Å². The number of nitrogens with zero attached hydrogens (tertiary/aromatic N) is 1. The summed E-state index contributed by atoms with van der Waals surface area (Å²) in [6, 6.07) is 0. The average molecular weight is 367 g/mol.